The van der Waals surface area contributed by atoms with Crippen LogP contribution in [0.25, 0.3) is 0 Å². The van der Waals surface area contributed by atoms with Crippen LogP contribution in [0.4, 0.5) is 13.2 Å². The molecular formula is C8H14F3NO2S. The Morgan fingerprint density at radius 2 is 1.53 bits per heavy atom. The minimum absolute atomic E-state index is 0.0223. The van der Waals surface area contributed by atoms with E-state index in [1.54, 1.807) is 13.8 Å². The lowest BCUT2D eigenvalue weighted by atomic mass is 9.94. The van der Waals surface area contributed by atoms with Gasteiger partial charge >= 0.3 is 15.5 Å². The fourth-order valence-electron chi connectivity index (χ4n) is 1.95. The van der Waals surface area contributed by atoms with Gasteiger partial charge in [0, 0.05) is 13.1 Å². The fraction of sp³-hybridized carbons (Fsp3) is 1.00. The van der Waals surface area contributed by atoms with E-state index >= 15 is 0 Å². The summed E-state index contributed by atoms with van der Waals surface area (Å²) < 4.78 is 59.5. The minimum atomic E-state index is -5.18. The van der Waals surface area contributed by atoms with E-state index in [9.17, 15) is 21.6 Å². The minimum Gasteiger partial charge on any atom is -0.203 e. The Labute approximate surface area is 87.3 Å². The van der Waals surface area contributed by atoms with Gasteiger partial charge in [-0.15, -0.1) is 0 Å². The Balaban J connectivity index is 2.89. The van der Waals surface area contributed by atoms with Crippen LogP contribution in [-0.2, 0) is 10.0 Å². The van der Waals surface area contributed by atoms with E-state index in [4.69, 9.17) is 0 Å². The molecule has 0 radical (unpaired) electrons. The molecule has 1 heterocycles. The van der Waals surface area contributed by atoms with E-state index in [-0.39, 0.29) is 24.9 Å². The van der Waals surface area contributed by atoms with Crippen LogP contribution in [-0.4, -0.2) is 31.3 Å². The number of halogens is 3. The van der Waals surface area contributed by atoms with Crippen molar-refractivity contribution in [2.75, 3.05) is 13.1 Å². The molecule has 1 aliphatic heterocycles. The summed E-state index contributed by atoms with van der Waals surface area (Å²) in [4.78, 5) is 0. The van der Waals surface area contributed by atoms with Crippen molar-refractivity contribution in [3.8, 4) is 0 Å². The first kappa shape index (κ1) is 12.8. The van der Waals surface area contributed by atoms with Crippen molar-refractivity contribution in [3.63, 3.8) is 0 Å². The highest BCUT2D eigenvalue weighted by molar-refractivity contribution is 7.90. The predicted molar refractivity (Wildman–Crippen MR) is 49.5 cm³/mol. The predicted octanol–water partition coefficient (Wildman–Crippen LogP) is 1.81. The Morgan fingerprint density at radius 1 is 1.13 bits per heavy atom. The van der Waals surface area contributed by atoms with E-state index < -0.39 is 15.5 Å². The average Bonchev–Trinajstić information content (AvgIpc) is 1.99. The highest BCUT2D eigenvalue weighted by Crippen LogP contribution is 2.31. The molecule has 7 heteroatoms. The molecule has 0 aromatic carbocycles. The number of hydrogen-bond acceptors (Lipinski definition) is 2. The maximum atomic E-state index is 12.2. The standard InChI is InChI=1S/C8H14F3NO2S/c1-6-3-7(2)5-12(4-6)15(13,14)8(9,10)11/h6-7H,3-5H2,1-2H3. The Hall–Kier alpha value is -0.300. The van der Waals surface area contributed by atoms with Gasteiger partial charge in [-0.1, -0.05) is 13.8 Å². The smallest absolute Gasteiger partial charge is 0.203 e. The first-order chi connectivity index (χ1) is 6.64. The summed E-state index contributed by atoms with van der Waals surface area (Å²) in [7, 11) is -5.13. The van der Waals surface area contributed by atoms with Crippen molar-refractivity contribution in [1.29, 1.82) is 0 Å². The maximum absolute atomic E-state index is 12.2. The van der Waals surface area contributed by atoms with Gasteiger partial charge in [-0.05, 0) is 18.3 Å². The molecule has 0 aliphatic carbocycles. The van der Waals surface area contributed by atoms with Crippen molar-refractivity contribution >= 4 is 10.0 Å². The number of rotatable bonds is 1. The molecule has 3 nitrogen and oxygen atoms in total. The van der Waals surface area contributed by atoms with Gasteiger partial charge < -0.3 is 0 Å². The van der Waals surface area contributed by atoms with Crippen LogP contribution in [0.1, 0.15) is 20.3 Å². The Bertz CT molecular complexity index is 315. The van der Waals surface area contributed by atoms with Crippen molar-refractivity contribution in [2.45, 2.75) is 25.8 Å². The number of nitrogens with zero attached hydrogens (tertiary/aromatic N) is 1. The lowest BCUT2D eigenvalue weighted by Crippen LogP contribution is -2.47. The number of sulfonamides is 1. The molecular weight excluding hydrogens is 231 g/mol. The summed E-state index contributed by atoms with van der Waals surface area (Å²) in [5.41, 5.74) is -5.18. The van der Waals surface area contributed by atoms with E-state index in [1.165, 1.54) is 0 Å². The van der Waals surface area contributed by atoms with Crippen LogP contribution in [0, 0.1) is 11.8 Å². The number of alkyl halides is 3. The molecule has 0 bridgehead atoms. The molecule has 0 aromatic heterocycles. The van der Waals surface area contributed by atoms with Gasteiger partial charge in [0.25, 0.3) is 0 Å². The van der Waals surface area contributed by atoms with Crippen LogP contribution in [0.3, 0.4) is 0 Å². The van der Waals surface area contributed by atoms with E-state index in [2.05, 4.69) is 0 Å². The topological polar surface area (TPSA) is 37.4 Å². The summed E-state index contributed by atoms with van der Waals surface area (Å²) in [6.45, 7) is 3.45. The number of hydrogen-bond donors (Lipinski definition) is 0. The Morgan fingerprint density at radius 3 is 1.87 bits per heavy atom. The van der Waals surface area contributed by atoms with Crippen LogP contribution in [0.2, 0.25) is 0 Å². The van der Waals surface area contributed by atoms with Gasteiger partial charge in [0.1, 0.15) is 0 Å². The second-order valence-corrected chi connectivity index (χ2v) is 6.14. The molecule has 1 aliphatic rings. The van der Waals surface area contributed by atoms with E-state index in [0.29, 0.717) is 4.31 Å². The second-order valence-electron chi connectivity index (χ2n) is 4.21. The van der Waals surface area contributed by atoms with E-state index in [0.717, 1.165) is 6.42 Å². The quantitative estimate of drug-likeness (QED) is 0.706. The molecule has 2 atom stereocenters. The van der Waals surface area contributed by atoms with Crippen molar-refractivity contribution in [2.24, 2.45) is 11.8 Å². The summed E-state index contributed by atoms with van der Waals surface area (Å²) in [5, 5.41) is 0. The van der Waals surface area contributed by atoms with Crippen molar-refractivity contribution in [1.82, 2.24) is 4.31 Å². The van der Waals surface area contributed by atoms with Gasteiger partial charge in [0.05, 0.1) is 0 Å². The van der Waals surface area contributed by atoms with Gasteiger partial charge in [-0.2, -0.15) is 17.5 Å². The lowest BCUT2D eigenvalue weighted by Gasteiger charge is -2.34. The van der Waals surface area contributed by atoms with Crippen LogP contribution in [0.5, 0.6) is 0 Å². The molecule has 0 aromatic rings. The molecule has 0 N–H and O–H groups in total. The third-order valence-corrected chi connectivity index (χ3v) is 4.03. The first-order valence-electron chi connectivity index (χ1n) is 4.71. The second kappa shape index (κ2) is 3.93. The highest BCUT2D eigenvalue weighted by Gasteiger charge is 2.51. The molecule has 0 amide bonds. The summed E-state index contributed by atoms with van der Waals surface area (Å²) in [6, 6.07) is 0. The van der Waals surface area contributed by atoms with Gasteiger partial charge in [-0.25, -0.2) is 8.42 Å². The molecule has 15 heavy (non-hydrogen) atoms. The maximum Gasteiger partial charge on any atom is 0.511 e. The highest BCUT2D eigenvalue weighted by atomic mass is 32.2. The zero-order valence-electron chi connectivity index (χ0n) is 8.58. The van der Waals surface area contributed by atoms with E-state index in [1.807, 2.05) is 0 Å². The van der Waals surface area contributed by atoms with Gasteiger partial charge in [-0.3, -0.25) is 0 Å². The fourth-order valence-corrected chi connectivity index (χ4v) is 3.14. The summed E-state index contributed by atoms with van der Waals surface area (Å²) >= 11 is 0. The third kappa shape index (κ3) is 2.63. The molecule has 1 saturated heterocycles. The van der Waals surface area contributed by atoms with Crippen LogP contribution >= 0.6 is 0 Å². The first-order valence-corrected chi connectivity index (χ1v) is 6.15. The molecule has 1 rings (SSSR count). The lowest BCUT2D eigenvalue weighted by molar-refractivity contribution is -0.0503. The van der Waals surface area contributed by atoms with Gasteiger partial charge in [0.2, 0.25) is 0 Å². The van der Waals surface area contributed by atoms with Gasteiger partial charge in [0.15, 0.2) is 0 Å². The summed E-state index contributed by atoms with van der Waals surface area (Å²) in [5.74, 6) is -0.0447. The van der Waals surface area contributed by atoms with Crippen LogP contribution in [0.15, 0.2) is 0 Å². The molecule has 0 spiro atoms. The van der Waals surface area contributed by atoms with Crippen LogP contribution < -0.4 is 0 Å². The average molecular weight is 245 g/mol. The zero-order chi connectivity index (χ0) is 11.9. The molecule has 2 unspecified atom stereocenters. The Kier molecular flexibility index (Phi) is 3.35. The SMILES string of the molecule is CC1CC(C)CN(S(=O)(=O)C(F)(F)F)C1. The zero-order valence-corrected chi connectivity index (χ0v) is 9.40. The molecule has 0 saturated carbocycles. The van der Waals surface area contributed by atoms with Crippen molar-refractivity contribution < 1.29 is 21.6 Å². The molecule has 90 valence electrons. The third-order valence-electron chi connectivity index (χ3n) is 2.47. The normalized spacial score (nSPS) is 30.5. The summed E-state index contributed by atoms with van der Waals surface area (Å²) in [6.07, 6.45) is 0.768. The molecule has 1 fully saturated rings. The largest absolute Gasteiger partial charge is 0.511 e. The van der Waals surface area contributed by atoms with Crippen molar-refractivity contribution in [3.05, 3.63) is 0 Å². The monoisotopic (exact) mass is 245 g/mol. The number of piperidine rings is 1.